The van der Waals surface area contributed by atoms with Crippen LogP contribution in [0.2, 0.25) is 0 Å². The largest absolute Gasteiger partial charge is 0.495 e. The van der Waals surface area contributed by atoms with Crippen LogP contribution in [0.15, 0.2) is 47.8 Å². The lowest BCUT2D eigenvalue weighted by molar-refractivity contribution is -0.136. The van der Waals surface area contributed by atoms with Crippen molar-refractivity contribution >= 4 is 33.8 Å². The van der Waals surface area contributed by atoms with Crippen LogP contribution in [0.25, 0.3) is 16.3 Å². The average Bonchev–Trinajstić information content (AvgIpc) is 3.35. The molecule has 0 spiro atoms. The molecule has 0 aliphatic carbocycles. The van der Waals surface area contributed by atoms with Crippen molar-refractivity contribution in [1.82, 2.24) is 19.9 Å². The first-order chi connectivity index (χ1) is 15.5. The van der Waals surface area contributed by atoms with Gasteiger partial charge in [0.1, 0.15) is 11.6 Å². The number of carbonyl (C=O) groups excluding carboxylic acids is 2. The molecule has 10 heteroatoms. The fourth-order valence-corrected chi connectivity index (χ4v) is 3.99. The summed E-state index contributed by atoms with van der Waals surface area (Å²) < 4.78 is 20.9. The van der Waals surface area contributed by atoms with E-state index in [1.165, 1.54) is 24.5 Å². The van der Waals surface area contributed by atoms with Gasteiger partial charge >= 0.3 is 11.8 Å². The normalized spacial score (nSPS) is 10.8. The Balaban J connectivity index is 1.38. The molecule has 32 heavy (non-hydrogen) atoms. The Hall–Kier alpha value is -3.79. The molecule has 4 aromatic rings. The van der Waals surface area contributed by atoms with E-state index in [4.69, 9.17) is 4.74 Å². The molecule has 0 fully saturated rings. The number of methoxy groups -OCH3 is 1. The van der Waals surface area contributed by atoms with E-state index in [1.807, 2.05) is 18.4 Å². The summed E-state index contributed by atoms with van der Waals surface area (Å²) in [6, 6.07) is 11.6. The summed E-state index contributed by atoms with van der Waals surface area (Å²) in [4.78, 5) is 29.5. The molecule has 2 N–H and O–H groups in total. The second kappa shape index (κ2) is 9.15. The summed E-state index contributed by atoms with van der Waals surface area (Å²) in [6.45, 7) is 2.09. The number of halogens is 1. The monoisotopic (exact) mass is 453 g/mol. The third kappa shape index (κ3) is 4.45. The highest BCUT2D eigenvalue weighted by Gasteiger charge is 2.17. The highest BCUT2D eigenvalue weighted by atomic mass is 32.1. The van der Waals surface area contributed by atoms with Gasteiger partial charge in [-0.3, -0.25) is 9.59 Å². The van der Waals surface area contributed by atoms with Crippen LogP contribution in [0.3, 0.4) is 0 Å². The van der Waals surface area contributed by atoms with Crippen LogP contribution in [-0.2, 0) is 16.0 Å². The molecule has 2 amide bonds. The minimum atomic E-state index is -0.785. The van der Waals surface area contributed by atoms with Crippen LogP contribution in [0.1, 0.15) is 11.3 Å². The minimum Gasteiger partial charge on any atom is -0.495 e. The van der Waals surface area contributed by atoms with Crippen molar-refractivity contribution in [3.8, 4) is 17.1 Å². The smallest absolute Gasteiger partial charge is 0.313 e. The zero-order valence-corrected chi connectivity index (χ0v) is 18.2. The molecule has 2 aromatic carbocycles. The van der Waals surface area contributed by atoms with Crippen molar-refractivity contribution in [2.45, 2.75) is 13.3 Å². The molecule has 0 radical (unpaired) electrons. The topological polar surface area (TPSA) is 97.6 Å². The number of nitrogens with zero attached hydrogens (tertiary/aromatic N) is 3. The Kier molecular flexibility index (Phi) is 6.13. The number of nitrogens with one attached hydrogen (secondary N) is 2. The number of benzene rings is 2. The van der Waals surface area contributed by atoms with E-state index in [1.54, 1.807) is 34.8 Å². The van der Waals surface area contributed by atoms with Crippen molar-refractivity contribution in [3.63, 3.8) is 0 Å². The molecule has 0 saturated heterocycles. The van der Waals surface area contributed by atoms with Crippen LogP contribution >= 0.6 is 11.3 Å². The Morgan fingerprint density at radius 3 is 2.78 bits per heavy atom. The molecule has 0 bridgehead atoms. The summed E-state index contributed by atoms with van der Waals surface area (Å²) >= 11 is 1.37. The van der Waals surface area contributed by atoms with Gasteiger partial charge in [-0.15, -0.1) is 16.4 Å². The van der Waals surface area contributed by atoms with Gasteiger partial charge in [0.25, 0.3) is 0 Å². The molecule has 0 saturated carbocycles. The lowest BCUT2D eigenvalue weighted by Crippen LogP contribution is -2.36. The second-order valence-corrected chi connectivity index (χ2v) is 7.84. The van der Waals surface area contributed by atoms with E-state index < -0.39 is 17.6 Å². The van der Waals surface area contributed by atoms with Crippen LogP contribution in [0.5, 0.6) is 5.75 Å². The molecule has 0 aliphatic heterocycles. The SMILES string of the molecule is COc1ccc(C)cc1NC(=O)C(=O)NCCc1csc2nc(-c3ccccc3F)nn12. The van der Waals surface area contributed by atoms with Gasteiger partial charge < -0.3 is 15.4 Å². The molecule has 2 heterocycles. The predicted octanol–water partition coefficient (Wildman–Crippen LogP) is 3.21. The summed E-state index contributed by atoms with van der Waals surface area (Å²) in [7, 11) is 1.49. The highest BCUT2D eigenvalue weighted by molar-refractivity contribution is 7.15. The molecule has 4 rings (SSSR count). The summed E-state index contributed by atoms with van der Waals surface area (Å²) in [5.41, 5.74) is 2.47. The molecule has 8 nitrogen and oxygen atoms in total. The number of thiazole rings is 1. The van der Waals surface area contributed by atoms with Crippen LogP contribution < -0.4 is 15.4 Å². The number of amides is 2. The molecule has 0 unspecified atom stereocenters. The number of hydrogen-bond acceptors (Lipinski definition) is 6. The van der Waals surface area contributed by atoms with E-state index in [9.17, 15) is 14.0 Å². The third-order valence-electron chi connectivity index (χ3n) is 4.74. The maximum atomic E-state index is 14.0. The zero-order valence-electron chi connectivity index (χ0n) is 17.4. The fourth-order valence-electron chi connectivity index (χ4n) is 3.14. The third-order valence-corrected chi connectivity index (χ3v) is 5.61. The minimum absolute atomic E-state index is 0.220. The Morgan fingerprint density at radius 1 is 1.19 bits per heavy atom. The van der Waals surface area contributed by atoms with Crippen molar-refractivity contribution < 1.29 is 18.7 Å². The number of rotatable bonds is 6. The number of ether oxygens (including phenoxy) is 1. The standard InChI is InChI=1S/C22H20FN5O3S/c1-13-7-8-18(31-2)17(11-13)25-21(30)20(29)24-10-9-14-12-32-22-26-19(27-28(14)22)15-5-3-4-6-16(15)23/h3-8,11-12H,9-10H2,1-2H3,(H,24,29)(H,25,30). The molecular weight excluding hydrogens is 433 g/mol. The number of aryl methyl sites for hydroxylation is 1. The van der Waals surface area contributed by atoms with Gasteiger partial charge in [0, 0.05) is 18.3 Å². The van der Waals surface area contributed by atoms with Crippen LogP contribution in [0, 0.1) is 12.7 Å². The lowest BCUT2D eigenvalue weighted by Gasteiger charge is -2.11. The summed E-state index contributed by atoms with van der Waals surface area (Å²) in [5, 5.41) is 11.4. The van der Waals surface area contributed by atoms with Crippen LogP contribution in [0.4, 0.5) is 10.1 Å². The maximum absolute atomic E-state index is 14.0. The summed E-state index contributed by atoms with van der Waals surface area (Å²) in [6.07, 6.45) is 0.423. The van der Waals surface area contributed by atoms with Gasteiger partial charge in [-0.25, -0.2) is 8.91 Å². The first kappa shape index (κ1) is 21.4. The first-order valence-corrected chi connectivity index (χ1v) is 10.7. The van der Waals surface area contributed by atoms with Gasteiger partial charge in [-0.05, 0) is 36.8 Å². The number of fused-ring (bicyclic) bond motifs is 1. The van der Waals surface area contributed by atoms with Crippen molar-refractivity contribution in [2.24, 2.45) is 0 Å². The van der Waals surface area contributed by atoms with E-state index in [0.717, 1.165) is 11.3 Å². The van der Waals surface area contributed by atoms with E-state index in [2.05, 4.69) is 20.7 Å². The van der Waals surface area contributed by atoms with Crippen molar-refractivity contribution in [3.05, 3.63) is 64.9 Å². The molecule has 0 aliphatic rings. The predicted molar refractivity (Wildman–Crippen MR) is 119 cm³/mol. The number of anilines is 1. The van der Waals surface area contributed by atoms with E-state index in [0.29, 0.717) is 34.2 Å². The molecular formula is C22H20FN5O3S. The summed E-state index contributed by atoms with van der Waals surface area (Å²) in [5.74, 6) is -1.17. The van der Waals surface area contributed by atoms with E-state index in [-0.39, 0.29) is 6.54 Å². The Labute approximate surface area is 187 Å². The zero-order chi connectivity index (χ0) is 22.7. The van der Waals surface area contributed by atoms with Crippen molar-refractivity contribution in [2.75, 3.05) is 19.0 Å². The molecule has 2 aromatic heterocycles. The molecule has 164 valence electrons. The van der Waals surface area contributed by atoms with Gasteiger partial charge in [-0.2, -0.15) is 4.98 Å². The van der Waals surface area contributed by atoms with Gasteiger partial charge in [0.2, 0.25) is 4.96 Å². The second-order valence-electron chi connectivity index (χ2n) is 7.00. The number of hydrogen-bond donors (Lipinski definition) is 2. The lowest BCUT2D eigenvalue weighted by atomic mass is 10.2. The molecule has 0 atom stereocenters. The van der Waals surface area contributed by atoms with E-state index >= 15 is 0 Å². The van der Waals surface area contributed by atoms with Crippen LogP contribution in [-0.4, -0.2) is 40.1 Å². The van der Waals surface area contributed by atoms with Gasteiger partial charge in [0.05, 0.1) is 24.1 Å². The number of aromatic nitrogens is 3. The maximum Gasteiger partial charge on any atom is 0.313 e. The number of carbonyl (C=O) groups is 2. The average molecular weight is 453 g/mol. The highest BCUT2D eigenvalue weighted by Crippen LogP contribution is 2.25. The van der Waals surface area contributed by atoms with Gasteiger partial charge in [0.15, 0.2) is 5.82 Å². The Morgan fingerprint density at radius 2 is 2.00 bits per heavy atom. The van der Waals surface area contributed by atoms with Gasteiger partial charge in [-0.1, -0.05) is 18.2 Å². The first-order valence-electron chi connectivity index (χ1n) is 9.78. The Bertz CT molecular complexity index is 1300. The quantitative estimate of drug-likeness (QED) is 0.437. The fraction of sp³-hybridized carbons (Fsp3) is 0.182. The van der Waals surface area contributed by atoms with Crippen molar-refractivity contribution in [1.29, 1.82) is 0 Å².